The Labute approximate surface area is 149 Å². The quantitative estimate of drug-likeness (QED) is 0.409. The second-order valence-electron chi connectivity index (χ2n) is 5.47. The molecule has 0 aliphatic carbocycles. The van der Waals surface area contributed by atoms with Crippen molar-refractivity contribution >= 4 is 5.91 Å². The summed E-state index contributed by atoms with van der Waals surface area (Å²) in [6.07, 6.45) is 1.75. The Morgan fingerprint density at radius 1 is 1.52 bits per heavy atom. The van der Waals surface area contributed by atoms with Gasteiger partial charge in [0, 0.05) is 6.42 Å². The summed E-state index contributed by atoms with van der Waals surface area (Å²) in [5.41, 5.74) is 0.922. The molecule has 0 spiro atoms. The van der Waals surface area contributed by atoms with Crippen molar-refractivity contribution in [3.8, 4) is 17.3 Å². The fourth-order valence-electron chi connectivity index (χ4n) is 2.56. The van der Waals surface area contributed by atoms with Gasteiger partial charge < -0.3 is 9.84 Å². The zero-order chi connectivity index (χ0) is 21.1. The first-order valence-corrected chi connectivity index (χ1v) is 7.75. The van der Waals surface area contributed by atoms with E-state index in [1.165, 1.54) is 6.07 Å². The highest BCUT2D eigenvalue weighted by Crippen LogP contribution is 2.27. The number of nitrogens with zero attached hydrogens (tertiary/aromatic N) is 2. The first kappa shape index (κ1) is 14.5. The van der Waals surface area contributed by atoms with Gasteiger partial charge in [-0.15, -0.1) is 0 Å². The van der Waals surface area contributed by atoms with Crippen LogP contribution < -0.4 is 21.6 Å². The number of carbonyl (C=O) groups excluding carboxylic acids is 1. The first-order chi connectivity index (χ1) is 13.1. The summed E-state index contributed by atoms with van der Waals surface area (Å²) in [6, 6.07) is 4.64. The van der Waals surface area contributed by atoms with Gasteiger partial charge in [0.1, 0.15) is 11.6 Å². The molecule has 0 radical (unpaired) electrons. The SMILES string of the molecule is [2H]C([2H])([2H])Oc1cccc(C)c1-n1c(CCCC)nc(O)c(C(=O)NN)c1=O. The van der Waals surface area contributed by atoms with Crippen molar-refractivity contribution in [2.75, 3.05) is 7.04 Å². The van der Waals surface area contributed by atoms with E-state index in [1.54, 1.807) is 24.5 Å². The molecule has 0 saturated carbocycles. The van der Waals surface area contributed by atoms with Crippen LogP contribution in [-0.2, 0) is 6.42 Å². The summed E-state index contributed by atoms with van der Waals surface area (Å²) in [7, 11) is -2.75. The van der Waals surface area contributed by atoms with Gasteiger partial charge in [0.2, 0.25) is 5.88 Å². The van der Waals surface area contributed by atoms with Crippen molar-refractivity contribution in [2.24, 2.45) is 5.84 Å². The van der Waals surface area contributed by atoms with Gasteiger partial charge in [0.25, 0.3) is 11.5 Å². The number of aromatic nitrogens is 2. The molecule has 1 heterocycles. The van der Waals surface area contributed by atoms with Crippen molar-refractivity contribution in [1.82, 2.24) is 15.0 Å². The lowest BCUT2D eigenvalue weighted by atomic mass is 10.1. The lowest BCUT2D eigenvalue weighted by Gasteiger charge is -2.18. The molecule has 1 aromatic heterocycles. The van der Waals surface area contributed by atoms with Gasteiger partial charge in [0.15, 0.2) is 5.56 Å². The molecule has 8 nitrogen and oxygen atoms in total. The maximum Gasteiger partial charge on any atom is 0.276 e. The number of nitrogen functional groups attached to an aromatic ring is 1. The molecule has 0 aliphatic rings. The van der Waals surface area contributed by atoms with Crippen molar-refractivity contribution in [3.63, 3.8) is 0 Å². The molecular weight excluding hydrogens is 324 g/mol. The second kappa shape index (κ2) is 7.80. The highest BCUT2D eigenvalue weighted by atomic mass is 16.5. The predicted octanol–water partition coefficient (Wildman–Crippen LogP) is 1.20. The number of methoxy groups -OCH3 is 1. The summed E-state index contributed by atoms with van der Waals surface area (Å²) in [5.74, 6) is 3.43. The molecule has 134 valence electrons. The average Bonchev–Trinajstić information content (AvgIpc) is 2.59. The van der Waals surface area contributed by atoms with Crippen LogP contribution in [0.4, 0.5) is 0 Å². The molecule has 25 heavy (non-hydrogen) atoms. The number of aryl methyl sites for hydroxylation is 2. The third-order valence-corrected chi connectivity index (χ3v) is 3.78. The molecule has 0 fully saturated rings. The number of hydrogen-bond donors (Lipinski definition) is 3. The van der Waals surface area contributed by atoms with Crippen LogP contribution in [0.5, 0.6) is 11.6 Å². The Morgan fingerprint density at radius 3 is 2.92 bits per heavy atom. The normalized spacial score (nSPS) is 12.8. The zero-order valence-corrected chi connectivity index (χ0v) is 14.0. The Kier molecular flexibility index (Phi) is 4.52. The zero-order valence-electron chi connectivity index (χ0n) is 17.0. The molecule has 8 heteroatoms. The maximum atomic E-state index is 13.1. The van der Waals surface area contributed by atoms with E-state index in [0.29, 0.717) is 18.4 Å². The number of carbonyl (C=O) groups is 1. The van der Waals surface area contributed by atoms with Crippen LogP contribution in [0.1, 0.15) is 45.6 Å². The monoisotopic (exact) mass is 349 g/mol. The van der Waals surface area contributed by atoms with Gasteiger partial charge in [-0.2, -0.15) is 4.98 Å². The van der Waals surface area contributed by atoms with Crippen LogP contribution in [0, 0.1) is 6.92 Å². The highest BCUT2D eigenvalue weighted by Gasteiger charge is 2.24. The minimum atomic E-state index is -2.75. The Hall–Kier alpha value is -2.87. The topological polar surface area (TPSA) is 119 Å². The summed E-state index contributed by atoms with van der Waals surface area (Å²) in [5, 5.41) is 10.1. The van der Waals surface area contributed by atoms with Gasteiger partial charge in [-0.1, -0.05) is 25.5 Å². The lowest BCUT2D eigenvalue weighted by molar-refractivity contribution is 0.0948. The number of nitrogens with one attached hydrogen (secondary N) is 1. The summed E-state index contributed by atoms with van der Waals surface area (Å²) >= 11 is 0. The largest absolute Gasteiger partial charge is 0.495 e. The standard InChI is InChI=1S/C17H22N4O4/c1-4-5-9-12-19-15(22)13(16(23)20-18)17(24)21(12)14-10(2)7-6-8-11(14)25-3/h6-8,22H,4-5,9,18H2,1-3H3,(H,20,23)/i3D3. The van der Waals surface area contributed by atoms with Crippen molar-refractivity contribution in [1.29, 1.82) is 0 Å². The van der Waals surface area contributed by atoms with Gasteiger partial charge in [-0.25, -0.2) is 5.84 Å². The van der Waals surface area contributed by atoms with E-state index >= 15 is 0 Å². The Morgan fingerprint density at radius 2 is 2.28 bits per heavy atom. The number of nitrogens with two attached hydrogens (primary N) is 1. The number of unbranched alkanes of at least 4 members (excludes halogenated alkanes) is 1. The van der Waals surface area contributed by atoms with E-state index < -0.39 is 29.9 Å². The minimum Gasteiger partial charge on any atom is -0.495 e. The first-order valence-electron chi connectivity index (χ1n) is 9.25. The molecule has 0 bridgehead atoms. The van der Waals surface area contributed by atoms with Gasteiger partial charge in [0.05, 0.1) is 16.8 Å². The molecular formula is C17H22N4O4. The number of benzene rings is 1. The third kappa shape index (κ3) is 3.48. The highest BCUT2D eigenvalue weighted by molar-refractivity contribution is 5.95. The molecule has 1 aromatic carbocycles. The molecule has 2 rings (SSSR count). The van der Waals surface area contributed by atoms with E-state index in [-0.39, 0.29) is 17.3 Å². The van der Waals surface area contributed by atoms with Crippen LogP contribution in [0.3, 0.4) is 0 Å². The number of rotatable bonds is 6. The maximum absolute atomic E-state index is 13.1. The fraction of sp³-hybridized carbons (Fsp3) is 0.353. The van der Waals surface area contributed by atoms with E-state index in [9.17, 15) is 14.7 Å². The Bertz CT molecular complexity index is 941. The second-order valence-corrected chi connectivity index (χ2v) is 5.47. The number of hydrazine groups is 1. The number of hydrogen-bond acceptors (Lipinski definition) is 6. The lowest BCUT2D eigenvalue weighted by Crippen LogP contribution is -2.38. The molecule has 0 unspecified atom stereocenters. The summed E-state index contributed by atoms with van der Waals surface area (Å²) < 4.78 is 28.3. The average molecular weight is 349 g/mol. The van der Waals surface area contributed by atoms with Crippen LogP contribution in [-0.4, -0.2) is 27.6 Å². The van der Waals surface area contributed by atoms with Crippen molar-refractivity contribution < 1.29 is 18.8 Å². The van der Waals surface area contributed by atoms with E-state index in [2.05, 4.69) is 4.98 Å². The van der Waals surface area contributed by atoms with E-state index in [1.807, 2.05) is 6.92 Å². The number of amides is 1. The number of ether oxygens (including phenoxy) is 1. The van der Waals surface area contributed by atoms with E-state index in [4.69, 9.17) is 14.7 Å². The molecule has 0 atom stereocenters. The molecule has 0 aliphatic heterocycles. The molecule has 4 N–H and O–H groups in total. The number of aromatic hydroxyl groups is 1. The van der Waals surface area contributed by atoms with Crippen molar-refractivity contribution in [3.05, 3.63) is 45.5 Å². The van der Waals surface area contributed by atoms with Crippen LogP contribution in [0.2, 0.25) is 0 Å². The summed E-state index contributed by atoms with van der Waals surface area (Å²) in [4.78, 5) is 29.1. The van der Waals surface area contributed by atoms with Crippen LogP contribution >= 0.6 is 0 Å². The minimum absolute atomic E-state index is 0.0774. The fourth-order valence-corrected chi connectivity index (χ4v) is 2.56. The molecule has 1 amide bonds. The molecule has 2 aromatic rings. The summed E-state index contributed by atoms with van der Waals surface area (Å²) in [6.45, 7) is 3.60. The van der Waals surface area contributed by atoms with Gasteiger partial charge in [-0.3, -0.25) is 19.6 Å². The van der Waals surface area contributed by atoms with E-state index in [0.717, 1.165) is 11.0 Å². The predicted molar refractivity (Wildman–Crippen MR) is 93.1 cm³/mol. The third-order valence-electron chi connectivity index (χ3n) is 3.78. The van der Waals surface area contributed by atoms with Crippen LogP contribution in [0.25, 0.3) is 5.69 Å². The molecule has 0 saturated heterocycles. The van der Waals surface area contributed by atoms with Gasteiger partial charge in [-0.05, 0) is 25.0 Å². The number of para-hydroxylation sites is 1. The van der Waals surface area contributed by atoms with Crippen LogP contribution in [0.15, 0.2) is 23.0 Å². The van der Waals surface area contributed by atoms with Crippen molar-refractivity contribution in [2.45, 2.75) is 33.1 Å². The smallest absolute Gasteiger partial charge is 0.276 e. The Balaban J connectivity index is 2.87. The van der Waals surface area contributed by atoms with Gasteiger partial charge >= 0.3 is 0 Å².